The van der Waals surface area contributed by atoms with E-state index in [0.717, 1.165) is 15.6 Å². The number of rotatable bonds is 5. The maximum atomic E-state index is 14.1. The molecule has 0 radical (unpaired) electrons. The Labute approximate surface area is 127 Å². The van der Waals surface area contributed by atoms with E-state index in [9.17, 15) is 4.39 Å². The van der Waals surface area contributed by atoms with Crippen molar-refractivity contribution in [2.75, 3.05) is 18.5 Å². The summed E-state index contributed by atoms with van der Waals surface area (Å²) in [5.74, 6) is -0.199. The van der Waals surface area contributed by atoms with Crippen LogP contribution in [0, 0.1) is 5.82 Å². The first-order chi connectivity index (χ1) is 9.60. The van der Waals surface area contributed by atoms with Crippen molar-refractivity contribution in [3.63, 3.8) is 0 Å². The molecule has 20 heavy (non-hydrogen) atoms. The van der Waals surface area contributed by atoms with Gasteiger partial charge >= 0.3 is 0 Å². The predicted octanol–water partition coefficient (Wildman–Crippen LogP) is 3.73. The molecule has 0 saturated carbocycles. The molecule has 106 valence electrons. The van der Waals surface area contributed by atoms with Gasteiger partial charge in [0.05, 0.1) is 5.69 Å². The van der Waals surface area contributed by atoms with Crippen LogP contribution in [0.25, 0.3) is 0 Å². The van der Waals surface area contributed by atoms with Crippen LogP contribution in [0.5, 0.6) is 0 Å². The Morgan fingerprint density at radius 2 is 1.75 bits per heavy atom. The maximum absolute atomic E-state index is 14.1. The monoisotopic (exact) mass is 336 g/mol. The number of benzene rings is 2. The van der Waals surface area contributed by atoms with Gasteiger partial charge in [0, 0.05) is 18.1 Å². The highest BCUT2D eigenvalue weighted by Gasteiger charge is 2.09. The molecule has 0 bridgehead atoms. The van der Waals surface area contributed by atoms with Crippen molar-refractivity contribution in [3.05, 3.63) is 63.9 Å². The first kappa shape index (κ1) is 15.0. The first-order valence-electron chi connectivity index (χ1n) is 6.54. The SMILES string of the molecule is CN(Cc1ccc(Br)cc1)c1ccc(CCN)cc1F. The third-order valence-corrected chi connectivity index (χ3v) is 3.72. The number of hydrogen-bond acceptors (Lipinski definition) is 2. The fraction of sp³-hybridized carbons (Fsp3) is 0.250. The Morgan fingerprint density at radius 3 is 2.35 bits per heavy atom. The molecule has 0 aromatic heterocycles. The second-order valence-electron chi connectivity index (χ2n) is 4.81. The highest BCUT2D eigenvalue weighted by atomic mass is 79.9. The van der Waals surface area contributed by atoms with E-state index in [1.54, 1.807) is 6.07 Å². The Bertz CT molecular complexity index is 569. The molecule has 2 N–H and O–H groups in total. The quantitative estimate of drug-likeness (QED) is 0.901. The summed E-state index contributed by atoms with van der Waals surface area (Å²) in [6.45, 7) is 1.20. The summed E-state index contributed by atoms with van der Waals surface area (Å²) in [5.41, 5.74) is 8.17. The van der Waals surface area contributed by atoms with Crippen LogP contribution in [0.4, 0.5) is 10.1 Å². The molecule has 0 aliphatic heterocycles. The zero-order valence-corrected chi connectivity index (χ0v) is 13.0. The van der Waals surface area contributed by atoms with Crippen molar-refractivity contribution in [2.45, 2.75) is 13.0 Å². The molecule has 0 amide bonds. The number of hydrogen-bond donors (Lipinski definition) is 1. The van der Waals surface area contributed by atoms with Gasteiger partial charge in [0.2, 0.25) is 0 Å². The van der Waals surface area contributed by atoms with E-state index in [2.05, 4.69) is 15.9 Å². The van der Waals surface area contributed by atoms with Gasteiger partial charge < -0.3 is 10.6 Å². The molecule has 0 spiro atoms. The minimum Gasteiger partial charge on any atom is -0.368 e. The van der Waals surface area contributed by atoms with Crippen molar-refractivity contribution in [1.29, 1.82) is 0 Å². The first-order valence-corrected chi connectivity index (χ1v) is 7.33. The molecule has 0 saturated heterocycles. The normalized spacial score (nSPS) is 10.6. The molecular formula is C16H18BrFN2. The van der Waals surface area contributed by atoms with Crippen molar-refractivity contribution >= 4 is 21.6 Å². The van der Waals surface area contributed by atoms with Crippen LogP contribution >= 0.6 is 15.9 Å². The van der Waals surface area contributed by atoms with Gasteiger partial charge in [-0.2, -0.15) is 0 Å². The zero-order valence-electron chi connectivity index (χ0n) is 11.4. The molecular weight excluding hydrogens is 319 g/mol. The van der Waals surface area contributed by atoms with E-state index in [-0.39, 0.29) is 5.82 Å². The van der Waals surface area contributed by atoms with Gasteiger partial charge in [0.25, 0.3) is 0 Å². The lowest BCUT2D eigenvalue weighted by atomic mass is 10.1. The van der Waals surface area contributed by atoms with Crippen molar-refractivity contribution in [2.24, 2.45) is 5.73 Å². The second-order valence-corrected chi connectivity index (χ2v) is 5.72. The van der Waals surface area contributed by atoms with Crippen LogP contribution in [0.3, 0.4) is 0 Å². The number of nitrogens with two attached hydrogens (primary N) is 1. The van der Waals surface area contributed by atoms with Gasteiger partial charge in [-0.1, -0.05) is 34.1 Å². The summed E-state index contributed by atoms with van der Waals surface area (Å²) in [7, 11) is 1.89. The smallest absolute Gasteiger partial charge is 0.146 e. The van der Waals surface area contributed by atoms with Crippen LogP contribution in [0.2, 0.25) is 0 Å². The standard InChI is InChI=1S/C16H18BrFN2/c1-20(11-13-2-5-14(17)6-3-13)16-7-4-12(8-9-19)10-15(16)18/h2-7,10H,8-9,11,19H2,1H3. The van der Waals surface area contributed by atoms with E-state index >= 15 is 0 Å². The van der Waals surface area contributed by atoms with Crippen LogP contribution in [-0.4, -0.2) is 13.6 Å². The average molecular weight is 337 g/mol. The highest BCUT2D eigenvalue weighted by Crippen LogP contribution is 2.22. The molecule has 2 rings (SSSR count). The predicted molar refractivity (Wildman–Crippen MR) is 85.4 cm³/mol. The van der Waals surface area contributed by atoms with Crippen LogP contribution < -0.4 is 10.6 Å². The fourth-order valence-corrected chi connectivity index (χ4v) is 2.40. The number of nitrogens with zero attached hydrogens (tertiary/aromatic N) is 1. The lowest BCUT2D eigenvalue weighted by molar-refractivity contribution is 0.620. The highest BCUT2D eigenvalue weighted by molar-refractivity contribution is 9.10. The summed E-state index contributed by atoms with van der Waals surface area (Å²) < 4.78 is 15.1. The number of halogens is 2. The molecule has 0 aliphatic rings. The van der Waals surface area contributed by atoms with E-state index in [4.69, 9.17) is 5.73 Å². The molecule has 0 aliphatic carbocycles. The van der Waals surface area contributed by atoms with Crippen LogP contribution in [0.15, 0.2) is 46.9 Å². The molecule has 0 atom stereocenters. The Balaban J connectivity index is 2.12. The van der Waals surface area contributed by atoms with E-state index in [0.29, 0.717) is 25.2 Å². The second kappa shape index (κ2) is 6.86. The maximum Gasteiger partial charge on any atom is 0.146 e. The zero-order chi connectivity index (χ0) is 14.5. The largest absolute Gasteiger partial charge is 0.368 e. The van der Waals surface area contributed by atoms with Gasteiger partial charge in [0.1, 0.15) is 5.82 Å². The Morgan fingerprint density at radius 1 is 1.10 bits per heavy atom. The molecule has 2 nitrogen and oxygen atoms in total. The van der Waals surface area contributed by atoms with Crippen molar-refractivity contribution < 1.29 is 4.39 Å². The minimum absolute atomic E-state index is 0.199. The molecule has 0 heterocycles. The minimum atomic E-state index is -0.199. The van der Waals surface area contributed by atoms with Crippen LogP contribution in [-0.2, 0) is 13.0 Å². The average Bonchev–Trinajstić information content (AvgIpc) is 2.42. The van der Waals surface area contributed by atoms with Crippen molar-refractivity contribution in [1.82, 2.24) is 0 Å². The van der Waals surface area contributed by atoms with E-state index in [1.807, 2.05) is 48.3 Å². The molecule has 0 fully saturated rings. The van der Waals surface area contributed by atoms with Gasteiger partial charge in [-0.15, -0.1) is 0 Å². The van der Waals surface area contributed by atoms with E-state index in [1.165, 1.54) is 0 Å². The summed E-state index contributed by atoms with van der Waals surface area (Å²) >= 11 is 3.41. The molecule has 4 heteroatoms. The Hall–Kier alpha value is -1.39. The van der Waals surface area contributed by atoms with Gasteiger partial charge in [-0.05, 0) is 48.4 Å². The summed E-state index contributed by atoms with van der Waals surface area (Å²) in [4.78, 5) is 1.91. The lowest BCUT2D eigenvalue weighted by Gasteiger charge is -2.20. The summed E-state index contributed by atoms with van der Waals surface area (Å²) in [5, 5.41) is 0. The third-order valence-electron chi connectivity index (χ3n) is 3.19. The van der Waals surface area contributed by atoms with Gasteiger partial charge in [-0.25, -0.2) is 4.39 Å². The topological polar surface area (TPSA) is 29.3 Å². The van der Waals surface area contributed by atoms with Gasteiger partial charge in [0.15, 0.2) is 0 Å². The van der Waals surface area contributed by atoms with E-state index < -0.39 is 0 Å². The Kier molecular flexibility index (Phi) is 5.15. The third kappa shape index (κ3) is 3.81. The molecule has 2 aromatic carbocycles. The molecule has 0 unspecified atom stereocenters. The van der Waals surface area contributed by atoms with Gasteiger partial charge in [-0.3, -0.25) is 0 Å². The summed E-state index contributed by atoms with van der Waals surface area (Å²) in [6.07, 6.45) is 0.702. The lowest BCUT2D eigenvalue weighted by Crippen LogP contribution is -2.18. The summed E-state index contributed by atoms with van der Waals surface area (Å²) in [6, 6.07) is 13.4. The van der Waals surface area contributed by atoms with Crippen molar-refractivity contribution in [3.8, 4) is 0 Å². The van der Waals surface area contributed by atoms with Crippen LogP contribution in [0.1, 0.15) is 11.1 Å². The molecule has 2 aromatic rings. The fourth-order valence-electron chi connectivity index (χ4n) is 2.13. The number of anilines is 1.